The van der Waals surface area contributed by atoms with Crippen molar-refractivity contribution in [3.8, 4) is 0 Å². The smallest absolute Gasteiger partial charge is 0.209 e. The van der Waals surface area contributed by atoms with Crippen LogP contribution in [0.15, 0.2) is 0 Å². The van der Waals surface area contributed by atoms with Crippen molar-refractivity contribution in [1.29, 1.82) is 0 Å². The van der Waals surface area contributed by atoms with Crippen LogP contribution in [0.2, 0.25) is 0 Å². The Morgan fingerprint density at radius 2 is 1.60 bits per heavy atom. The van der Waals surface area contributed by atoms with Crippen LogP contribution < -0.4 is 5.14 Å². The number of primary sulfonamides is 1. The Morgan fingerprint density at radius 3 is 1.95 bits per heavy atom. The topological polar surface area (TPSA) is 69.4 Å². The van der Waals surface area contributed by atoms with E-state index in [2.05, 4.69) is 34.6 Å². The van der Waals surface area contributed by atoms with E-state index in [9.17, 15) is 8.42 Å². The molecule has 4 nitrogen and oxygen atoms in total. The van der Waals surface area contributed by atoms with E-state index in [1.165, 1.54) is 0 Å². The van der Waals surface area contributed by atoms with E-state index in [1.807, 2.05) is 0 Å². The first-order valence-corrected chi connectivity index (χ1v) is 9.47. The third-order valence-corrected chi connectivity index (χ3v) is 4.56. The van der Waals surface area contributed by atoms with Gasteiger partial charge in [-0.3, -0.25) is 0 Å². The lowest BCUT2D eigenvalue weighted by Gasteiger charge is -2.33. The summed E-state index contributed by atoms with van der Waals surface area (Å²) in [6.07, 6.45) is 4.71. The highest BCUT2D eigenvalue weighted by Gasteiger charge is 2.33. The molecule has 0 fully saturated rings. The molecule has 0 spiro atoms. The number of rotatable bonds is 11. The normalized spacial score (nSPS) is 14.8. The van der Waals surface area contributed by atoms with Crippen molar-refractivity contribution in [2.45, 2.75) is 72.8 Å². The van der Waals surface area contributed by atoms with Gasteiger partial charge in [-0.05, 0) is 32.1 Å². The Balaban J connectivity index is 4.81. The van der Waals surface area contributed by atoms with E-state index in [0.717, 1.165) is 32.1 Å². The van der Waals surface area contributed by atoms with Crippen LogP contribution >= 0.6 is 0 Å². The maximum atomic E-state index is 11.5. The van der Waals surface area contributed by atoms with Gasteiger partial charge in [0.05, 0.1) is 18.5 Å². The van der Waals surface area contributed by atoms with Crippen molar-refractivity contribution in [1.82, 2.24) is 0 Å². The van der Waals surface area contributed by atoms with Crippen molar-refractivity contribution in [3.63, 3.8) is 0 Å². The van der Waals surface area contributed by atoms with Crippen LogP contribution in [-0.2, 0) is 14.8 Å². The molecule has 5 heteroatoms. The first-order valence-electron chi connectivity index (χ1n) is 7.76. The molecule has 0 heterocycles. The third kappa shape index (κ3) is 8.93. The van der Waals surface area contributed by atoms with Gasteiger partial charge in [0.2, 0.25) is 10.0 Å². The highest BCUT2D eigenvalue weighted by Crippen LogP contribution is 2.32. The molecule has 0 saturated heterocycles. The Labute approximate surface area is 125 Å². The quantitative estimate of drug-likeness (QED) is 0.636. The molecule has 0 bridgehead atoms. The van der Waals surface area contributed by atoms with Crippen LogP contribution in [0, 0.1) is 11.3 Å². The summed E-state index contributed by atoms with van der Waals surface area (Å²) in [6.45, 7) is 11.0. The highest BCUT2D eigenvalue weighted by molar-refractivity contribution is 7.89. The van der Waals surface area contributed by atoms with Gasteiger partial charge in [0, 0.05) is 5.41 Å². The summed E-state index contributed by atoms with van der Waals surface area (Å²) in [4.78, 5) is 0. The SMILES string of the molecule is CCCC(CCC)(COC(C)CC(C)C)CS(N)(=O)=O. The van der Waals surface area contributed by atoms with Gasteiger partial charge in [0.15, 0.2) is 0 Å². The van der Waals surface area contributed by atoms with Crippen LogP contribution in [0.4, 0.5) is 0 Å². The molecule has 0 amide bonds. The number of ether oxygens (including phenoxy) is 1. The number of hydrogen-bond donors (Lipinski definition) is 1. The van der Waals surface area contributed by atoms with E-state index in [0.29, 0.717) is 12.5 Å². The predicted octanol–water partition coefficient (Wildman–Crippen LogP) is 3.31. The van der Waals surface area contributed by atoms with Gasteiger partial charge in [-0.1, -0.05) is 40.5 Å². The standard InChI is InChI=1S/C15H33NO3S/c1-6-8-15(9-7-2,12-20(16,17)18)11-19-14(5)10-13(3)4/h13-14H,6-12H2,1-5H3,(H2,16,17,18). The average molecular weight is 308 g/mol. The predicted molar refractivity (Wildman–Crippen MR) is 85.1 cm³/mol. The fourth-order valence-corrected chi connectivity index (χ4v) is 4.22. The second-order valence-electron chi connectivity index (χ2n) is 6.56. The molecular weight excluding hydrogens is 274 g/mol. The number of sulfonamides is 1. The highest BCUT2D eigenvalue weighted by atomic mass is 32.2. The van der Waals surface area contributed by atoms with Crippen LogP contribution in [-0.4, -0.2) is 26.9 Å². The zero-order valence-corrected chi connectivity index (χ0v) is 14.6. The van der Waals surface area contributed by atoms with Gasteiger partial charge in [0.25, 0.3) is 0 Å². The van der Waals surface area contributed by atoms with E-state index in [4.69, 9.17) is 9.88 Å². The summed E-state index contributed by atoms with van der Waals surface area (Å²) in [5.74, 6) is 0.603. The van der Waals surface area contributed by atoms with Gasteiger partial charge in [-0.2, -0.15) is 0 Å². The molecule has 0 aliphatic heterocycles. The zero-order chi connectivity index (χ0) is 15.8. The zero-order valence-electron chi connectivity index (χ0n) is 13.8. The molecule has 122 valence electrons. The molecule has 0 saturated carbocycles. The largest absolute Gasteiger partial charge is 0.378 e. The Hall–Kier alpha value is -0.130. The van der Waals surface area contributed by atoms with Crippen LogP contribution in [0.5, 0.6) is 0 Å². The minimum absolute atomic E-state index is 0.0239. The van der Waals surface area contributed by atoms with Crippen molar-refractivity contribution in [2.75, 3.05) is 12.4 Å². The Bertz CT molecular complexity index is 346. The molecule has 2 N–H and O–H groups in total. The van der Waals surface area contributed by atoms with Crippen molar-refractivity contribution >= 4 is 10.0 Å². The molecule has 0 aromatic carbocycles. The van der Waals surface area contributed by atoms with Crippen molar-refractivity contribution < 1.29 is 13.2 Å². The molecule has 0 rings (SSSR count). The van der Waals surface area contributed by atoms with Gasteiger partial charge >= 0.3 is 0 Å². The molecular formula is C15H33NO3S. The molecule has 1 atom stereocenters. The lowest BCUT2D eigenvalue weighted by atomic mass is 9.82. The van der Waals surface area contributed by atoms with Crippen molar-refractivity contribution in [2.24, 2.45) is 16.5 Å². The van der Waals surface area contributed by atoms with E-state index in [1.54, 1.807) is 0 Å². The van der Waals surface area contributed by atoms with Crippen LogP contribution in [0.1, 0.15) is 66.7 Å². The summed E-state index contributed by atoms with van der Waals surface area (Å²) < 4.78 is 29.0. The van der Waals surface area contributed by atoms with E-state index in [-0.39, 0.29) is 17.3 Å². The monoisotopic (exact) mass is 307 g/mol. The summed E-state index contributed by atoms with van der Waals surface area (Å²) in [6, 6.07) is 0. The molecule has 0 aromatic heterocycles. The van der Waals surface area contributed by atoms with Gasteiger partial charge < -0.3 is 4.74 Å². The lowest BCUT2D eigenvalue weighted by molar-refractivity contribution is -0.00915. The van der Waals surface area contributed by atoms with Gasteiger partial charge in [-0.25, -0.2) is 13.6 Å². The van der Waals surface area contributed by atoms with Crippen LogP contribution in [0.25, 0.3) is 0 Å². The molecule has 0 aliphatic carbocycles. The molecule has 0 aliphatic rings. The lowest BCUT2D eigenvalue weighted by Crippen LogP contribution is -2.38. The summed E-state index contributed by atoms with van der Waals surface area (Å²) in [5.41, 5.74) is -0.331. The minimum atomic E-state index is -3.48. The average Bonchev–Trinajstić information content (AvgIpc) is 2.24. The van der Waals surface area contributed by atoms with E-state index < -0.39 is 10.0 Å². The maximum Gasteiger partial charge on any atom is 0.209 e. The second-order valence-corrected chi connectivity index (χ2v) is 8.17. The molecule has 0 radical (unpaired) electrons. The molecule has 20 heavy (non-hydrogen) atoms. The first-order chi connectivity index (χ1) is 9.14. The summed E-state index contributed by atoms with van der Waals surface area (Å²) >= 11 is 0. The van der Waals surface area contributed by atoms with Crippen LogP contribution in [0.3, 0.4) is 0 Å². The van der Waals surface area contributed by atoms with Crippen molar-refractivity contribution in [3.05, 3.63) is 0 Å². The molecule has 0 aromatic rings. The Kier molecular flexibility index (Phi) is 8.95. The summed E-state index contributed by atoms with van der Waals surface area (Å²) in [5, 5.41) is 5.29. The fraction of sp³-hybridized carbons (Fsp3) is 1.00. The second kappa shape index (κ2) is 9.00. The van der Waals surface area contributed by atoms with Gasteiger partial charge in [0.1, 0.15) is 0 Å². The summed E-state index contributed by atoms with van der Waals surface area (Å²) in [7, 11) is -3.48. The minimum Gasteiger partial charge on any atom is -0.378 e. The van der Waals surface area contributed by atoms with E-state index >= 15 is 0 Å². The maximum absolute atomic E-state index is 11.5. The number of nitrogens with two attached hydrogens (primary N) is 1. The molecule has 1 unspecified atom stereocenters. The fourth-order valence-electron chi connectivity index (χ4n) is 2.99. The Morgan fingerprint density at radius 1 is 1.10 bits per heavy atom. The van der Waals surface area contributed by atoms with Gasteiger partial charge in [-0.15, -0.1) is 0 Å². The first kappa shape index (κ1) is 19.9. The third-order valence-electron chi connectivity index (χ3n) is 3.55. The number of hydrogen-bond acceptors (Lipinski definition) is 3.